The fourth-order valence-electron chi connectivity index (χ4n) is 1.68. The van der Waals surface area contributed by atoms with Crippen molar-refractivity contribution in [2.45, 2.75) is 13.5 Å². The molecule has 1 heterocycles. The number of carboxylic acid groups (broad SMARTS) is 1. The maximum Gasteiger partial charge on any atom is 0.338 e. The van der Waals surface area contributed by atoms with E-state index in [-0.39, 0.29) is 29.4 Å². The van der Waals surface area contributed by atoms with Gasteiger partial charge in [-0.2, -0.15) is 0 Å². The van der Waals surface area contributed by atoms with Gasteiger partial charge in [-0.15, -0.1) is 0 Å². The lowest BCUT2D eigenvalue weighted by molar-refractivity contribution is -0.386. The van der Waals surface area contributed by atoms with Crippen LogP contribution in [-0.2, 0) is 6.61 Å². The number of carbonyl (C=O) groups is 1. The molecule has 0 spiro atoms. The molecule has 20 heavy (non-hydrogen) atoms. The highest BCUT2D eigenvalue weighted by Gasteiger charge is 2.18. The van der Waals surface area contributed by atoms with Gasteiger partial charge in [0.1, 0.15) is 18.6 Å². The van der Waals surface area contributed by atoms with Crippen LogP contribution in [0, 0.1) is 17.0 Å². The lowest BCUT2D eigenvalue weighted by Gasteiger charge is -2.07. The Morgan fingerprint density at radius 2 is 2.25 bits per heavy atom. The molecule has 0 radical (unpaired) electrons. The second-order valence-electron chi connectivity index (χ2n) is 4.08. The molecular weight excluding hydrogens is 266 g/mol. The molecule has 0 saturated heterocycles. The zero-order chi connectivity index (χ0) is 14.7. The summed E-state index contributed by atoms with van der Waals surface area (Å²) in [6, 6.07) is 5.91. The van der Waals surface area contributed by atoms with E-state index in [1.807, 2.05) is 0 Å². The van der Waals surface area contributed by atoms with Crippen LogP contribution in [0.4, 0.5) is 5.69 Å². The van der Waals surface area contributed by atoms with Crippen LogP contribution < -0.4 is 4.74 Å². The predicted octanol–water partition coefficient (Wildman–Crippen LogP) is 2.77. The Kier molecular flexibility index (Phi) is 3.69. The number of nitrogens with zero attached hydrogens (tertiary/aromatic N) is 1. The Hall–Kier alpha value is -2.83. The molecular formula is C13H11NO6. The summed E-state index contributed by atoms with van der Waals surface area (Å²) >= 11 is 0. The van der Waals surface area contributed by atoms with Gasteiger partial charge in [0.25, 0.3) is 0 Å². The van der Waals surface area contributed by atoms with Crippen LogP contribution in [0.15, 0.2) is 34.9 Å². The van der Waals surface area contributed by atoms with E-state index >= 15 is 0 Å². The summed E-state index contributed by atoms with van der Waals surface area (Å²) in [7, 11) is 0. The highest BCUT2D eigenvalue weighted by molar-refractivity contribution is 5.87. The minimum Gasteiger partial charge on any atom is -0.478 e. The number of nitro benzene ring substituents is 1. The van der Waals surface area contributed by atoms with Crippen LogP contribution in [0.25, 0.3) is 0 Å². The molecule has 1 aromatic carbocycles. The van der Waals surface area contributed by atoms with E-state index < -0.39 is 10.9 Å². The van der Waals surface area contributed by atoms with Crippen molar-refractivity contribution in [1.29, 1.82) is 0 Å². The molecule has 0 aliphatic carbocycles. The summed E-state index contributed by atoms with van der Waals surface area (Å²) < 4.78 is 10.4. The Morgan fingerprint density at radius 1 is 1.50 bits per heavy atom. The van der Waals surface area contributed by atoms with Crippen LogP contribution in [0.2, 0.25) is 0 Å². The minimum absolute atomic E-state index is 0.00267. The van der Waals surface area contributed by atoms with Crippen molar-refractivity contribution in [3.05, 3.63) is 57.5 Å². The average molecular weight is 277 g/mol. The number of aryl methyl sites for hydroxylation is 1. The lowest BCUT2D eigenvalue weighted by Crippen LogP contribution is -2.00. The molecule has 1 N–H and O–H groups in total. The molecule has 2 rings (SSSR count). The normalized spacial score (nSPS) is 10.2. The monoisotopic (exact) mass is 277 g/mol. The number of aromatic carboxylic acids is 1. The Labute approximate surface area is 113 Å². The zero-order valence-electron chi connectivity index (χ0n) is 10.5. The number of benzene rings is 1. The van der Waals surface area contributed by atoms with Gasteiger partial charge < -0.3 is 14.3 Å². The molecule has 0 aliphatic heterocycles. The molecule has 7 heteroatoms. The van der Waals surface area contributed by atoms with Crippen LogP contribution >= 0.6 is 0 Å². The molecule has 0 unspecified atom stereocenters. The number of rotatable bonds is 5. The molecule has 0 aliphatic rings. The number of para-hydroxylation sites is 1. The molecule has 7 nitrogen and oxygen atoms in total. The number of ether oxygens (including phenoxy) is 1. The van der Waals surface area contributed by atoms with Gasteiger partial charge in [0, 0.05) is 6.07 Å². The van der Waals surface area contributed by atoms with E-state index in [0.29, 0.717) is 5.56 Å². The standard InChI is InChI=1S/C13H11NO6/c1-8-3-2-4-11(14(17)18)12(8)20-7-10-5-9(6-19-10)13(15)16/h2-6H,7H2,1H3,(H,15,16). The zero-order valence-corrected chi connectivity index (χ0v) is 10.5. The van der Waals surface area contributed by atoms with E-state index in [1.165, 1.54) is 12.1 Å². The van der Waals surface area contributed by atoms with Crippen LogP contribution in [-0.4, -0.2) is 16.0 Å². The second kappa shape index (κ2) is 5.43. The van der Waals surface area contributed by atoms with Crippen molar-refractivity contribution in [2.75, 3.05) is 0 Å². The van der Waals surface area contributed by atoms with Crippen molar-refractivity contribution in [3.8, 4) is 5.75 Å². The third-order valence-electron chi connectivity index (χ3n) is 2.65. The Morgan fingerprint density at radius 3 is 2.85 bits per heavy atom. The van der Waals surface area contributed by atoms with E-state index in [4.69, 9.17) is 14.3 Å². The highest BCUT2D eigenvalue weighted by atomic mass is 16.6. The first-order valence-corrected chi connectivity index (χ1v) is 5.66. The van der Waals surface area contributed by atoms with Crippen LogP contribution in [0.1, 0.15) is 21.7 Å². The first-order valence-electron chi connectivity index (χ1n) is 5.66. The van der Waals surface area contributed by atoms with Gasteiger partial charge in [0.05, 0.1) is 10.5 Å². The van der Waals surface area contributed by atoms with Crippen molar-refractivity contribution in [1.82, 2.24) is 0 Å². The number of hydrogen-bond acceptors (Lipinski definition) is 5. The number of furan rings is 1. The van der Waals surface area contributed by atoms with Gasteiger partial charge in [-0.3, -0.25) is 10.1 Å². The lowest BCUT2D eigenvalue weighted by atomic mass is 10.2. The summed E-state index contributed by atoms with van der Waals surface area (Å²) in [6.07, 6.45) is 1.09. The third kappa shape index (κ3) is 2.77. The molecule has 0 amide bonds. The number of hydrogen-bond donors (Lipinski definition) is 1. The summed E-state index contributed by atoms with van der Waals surface area (Å²) in [5.41, 5.74) is 0.474. The molecule has 0 fully saturated rings. The van der Waals surface area contributed by atoms with Crippen molar-refractivity contribution in [3.63, 3.8) is 0 Å². The molecule has 0 bridgehead atoms. The van der Waals surface area contributed by atoms with Crippen molar-refractivity contribution >= 4 is 11.7 Å². The third-order valence-corrected chi connectivity index (χ3v) is 2.65. The van der Waals surface area contributed by atoms with E-state index in [2.05, 4.69) is 0 Å². The van der Waals surface area contributed by atoms with Crippen molar-refractivity contribution in [2.24, 2.45) is 0 Å². The SMILES string of the molecule is Cc1cccc([N+](=O)[O-])c1OCc1cc(C(=O)O)co1. The van der Waals surface area contributed by atoms with E-state index in [1.54, 1.807) is 19.1 Å². The number of carboxylic acids is 1. The minimum atomic E-state index is -1.11. The van der Waals surface area contributed by atoms with Crippen LogP contribution in [0.3, 0.4) is 0 Å². The first kappa shape index (κ1) is 13.6. The van der Waals surface area contributed by atoms with Gasteiger partial charge in [-0.25, -0.2) is 4.79 Å². The topological polar surface area (TPSA) is 103 Å². The van der Waals surface area contributed by atoms with E-state index in [0.717, 1.165) is 6.26 Å². The Balaban J connectivity index is 2.18. The second-order valence-corrected chi connectivity index (χ2v) is 4.08. The quantitative estimate of drug-likeness (QED) is 0.665. The summed E-state index contributed by atoms with van der Waals surface area (Å²) in [4.78, 5) is 21.1. The predicted molar refractivity (Wildman–Crippen MR) is 67.8 cm³/mol. The molecule has 1 aromatic heterocycles. The van der Waals surface area contributed by atoms with Gasteiger partial charge in [0.2, 0.25) is 5.75 Å². The maximum absolute atomic E-state index is 10.9. The van der Waals surface area contributed by atoms with Crippen LogP contribution in [0.5, 0.6) is 5.75 Å². The fourth-order valence-corrected chi connectivity index (χ4v) is 1.68. The summed E-state index contributed by atoms with van der Waals surface area (Å²) in [5.74, 6) is -0.687. The van der Waals surface area contributed by atoms with E-state index in [9.17, 15) is 14.9 Å². The molecule has 2 aromatic rings. The van der Waals surface area contributed by atoms with Gasteiger partial charge in [-0.05, 0) is 18.6 Å². The van der Waals surface area contributed by atoms with Gasteiger partial charge in [-0.1, -0.05) is 12.1 Å². The molecule has 104 valence electrons. The number of nitro groups is 1. The summed E-state index contributed by atoms with van der Waals surface area (Å²) in [5, 5.41) is 19.7. The maximum atomic E-state index is 10.9. The first-order chi connectivity index (χ1) is 9.49. The molecule has 0 saturated carbocycles. The highest BCUT2D eigenvalue weighted by Crippen LogP contribution is 2.31. The fraction of sp³-hybridized carbons (Fsp3) is 0.154. The Bertz CT molecular complexity index is 661. The summed E-state index contributed by atoms with van der Waals surface area (Å²) in [6.45, 7) is 1.60. The average Bonchev–Trinajstić information content (AvgIpc) is 2.86. The largest absolute Gasteiger partial charge is 0.478 e. The smallest absolute Gasteiger partial charge is 0.338 e. The molecule has 0 atom stereocenters. The van der Waals surface area contributed by atoms with Gasteiger partial charge in [0.15, 0.2) is 0 Å². The van der Waals surface area contributed by atoms with Crippen molar-refractivity contribution < 1.29 is 24.0 Å². The van der Waals surface area contributed by atoms with Gasteiger partial charge >= 0.3 is 11.7 Å².